The Bertz CT molecular complexity index is 501. The molecule has 0 bridgehead atoms. The third-order valence-electron chi connectivity index (χ3n) is 2.49. The molecule has 1 heterocycles. The first-order valence-corrected chi connectivity index (χ1v) is 6.92. The zero-order chi connectivity index (χ0) is 14.3. The summed E-state index contributed by atoms with van der Waals surface area (Å²) in [5, 5.41) is 15.6. The van der Waals surface area contributed by atoms with Gasteiger partial charge in [-0.2, -0.15) is 5.26 Å². The van der Waals surface area contributed by atoms with Crippen molar-refractivity contribution in [3.8, 4) is 6.07 Å². The highest BCUT2D eigenvalue weighted by Gasteiger charge is 2.20. The molecule has 0 unspecified atom stereocenters. The lowest BCUT2D eigenvalue weighted by molar-refractivity contribution is 0.0963. The Morgan fingerprint density at radius 3 is 2.95 bits per heavy atom. The van der Waals surface area contributed by atoms with Crippen molar-refractivity contribution >= 4 is 27.9 Å². The third-order valence-corrected chi connectivity index (χ3v) is 3.65. The minimum Gasteiger partial charge on any atom is -0.396 e. The van der Waals surface area contributed by atoms with Gasteiger partial charge >= 0.3 is 0 Å². The summed E-state index contributed by atoms with van der Waals surface area (Å²) in [6, 6.07) is 2.04. The largest absolute Gasteiger partial charge is 0.396 e. The van der Waals surface area contributed by atoms with Crippen LogP contribution in [0.3, 0.4) is 0 Å². The Hall–Kier alpha value is -2.00. The van der Waals surface area contributed by atoms with E-state index in [-0.39, 0.29) is 11.6 Å². The highest BCUT2D eigenvalue weighted by Crippen LogP contribution is 2.35. The van der Waals surface area contributed by atoms with Gasteiger partial charge in [0.25, 0.3) is 5.91 Å². The lowest BCUT2D eigenvalue weighted by Gasteiger charge is -2.01. The lowest BCUT2D eigenvalue weighted by atomic mass is 10.2. The van der Waals surface area contributed by atoms with Gasteiger partial charge in [-0.05, 0) is 6.42 Å². The van der Waals surface area contributed by atoms with Gasteiger partial charge in [-0.1, -0.05) is 19.4 Å². The molecule has 0 atom stereocenters. The second-order valence-electron chi connectivity index (χ2n) is 3.94. The molecule has 0 radical (unpaired) electrons. The highest BCUT2D eigenvalue weighted by atomic mass is 32.1. The topological polar surface area (TPSA) is 90.9 Å². The zero-order valence-electron chi connectivity index (χ0n) is 11.0. The Morgan fingerprint density at radius 2 is 2.37 bits per heavy atom. The SMILES string of the molecule is C=CCNC(=O)c1sc(NCCCC)c(C#N)c1N. The van der Waals surface area contributed by atoms with Crippen molar-refractivity contribution in [1.29, 1.82) is 5.26 Å². The maximum atomic E-state index is 11.9. The summed E-state index contributed by atoms with van der Waals surface area (Å²) >= 11 is 1.21. The summed E-state index contributed by atoms with van der Waals surface area (Å²) in [6.45, 7) is 6.75. The van der Waals surface area contributed by atoms with E-state index in [9.17, 15) is 4.79 Å². The van der Waals surface area contributed by atoms with E-state index in [4.69, 9.17) is 11.0 Å². The van der Waals surface area contributed by atoms with Gasteiger partial charge in [-0.3, -0.25) is 4.79 Å². The number of nitriles is 1. The maximum Gasteiger partial charge on any atom is 0.263 e. The van der Waals surface area contributed by atoms with Gasteiger partial charge in [0, 0.05) is 13.1 Å². The predicted octanol–water partition coefficient (Wildman–Crippen LogP) is 2.33. The molecule has 0 aliphatic heterocycles. The van der Waals surface area contributed by atoms with Crippen LogP contribution in [-0.4, -0.2) is 19.0 Å². The zero-order valence-corrected chi connectivity index (χ0v) is 11.8. The summed E-state index contributed by atoms with van der Waals surface area (Å²) in [7, 11) is 0. The van der Waals surface area contributed by atoms with E-state index in [0.29, 0.717) is 22.0 Å². The molecule has 6 heteroatoms. The molecule has 19 heavy (non-hydrogen) atoms. The second-order valence-corrected chi connectivity index (χ2v) is 4.96. The van der Waals surface area contributed by atoms with Crippen LogP contribution in [0.2, 0.25) is 0 Å². The van der Waals surface area contributed by atoms with E-state index >= 15 is 0 Å². The van der Waals surface area contributed by atoms with Crippen molar-refractivity contribution in [3.05, 3.63) is 23.1 Å². The monoisotopic (exact) mass is 278 g/mol. The Morgan fingerprint density at radius 1 is 1.63 bits per heavy atom. The van der Waals surface area contributed by atoms with Crippen LogP contribution in [0, 0.1) is 11.3 Å². The minimum atomic E-state index is -0.276. The first kappa shape index (κ1) is 15.1. The van der Waals surface area contributed by atoms with Crippen LogP contribution in [-0.2, 0) is 0 Å². The Kier molecular flexibility index (Phi) is 5.90. The molecule has 0 aliphatic carbocycles. The number of anilines is 2. The molecule has 1 rings (SSSR count). The summed E-state index contributed by atoms with van der Waals surface area (Å²) in [5.41, 5.74) is 6.45. The van der Waals surface area contributed by atoms with Crippen molar-refractivity contribution in [2.75, 3.05) is 24.1 Å². The summed E-state index contributed by atoms with van der Waals surface area (Å²) in [6.07, 6.45) is 3.65. The summed E-state index contributed by atoms with van der Waals surface area (Å²) in [5.74, 6) is -0.276. The number of nitrogens with zero attached hydrogens (tertiary/aromatic N) is 1. The minimum absolute atomic E-state index is 0.244. The second kappa shape index (κ2) is 7.44. The number of carbonyl (C=O) groups is 1. The van der Waals surface area contributed by atoms with Crippen molar-refractivity contribution in [3.63, 3.8) is 0 Å². The molecule has 1 aromatic heterocycles. The molecule has 1 amide bonds. The van der Waals surface area contributed by atoms with Gasteiger partial charge in [-0.15, -0.1) is 17.9 Å². The number of hydrogen-bond acceptors (Lipinski definition) is 5. The van der Waals surface area contributed by atoms with E-state index < -0.39 is 0 Å². The number of unbranched alkanes of at least 4 members (excludes halogenated alkanes) is 1. The van der Waals surface area contributed by atoms with Crippen LogP contribution in [0.25, 0.3) is 0 Å². The lowest BCUT2D eigenvalue weighted by Crippen LogP contribution is -2.23. The third kappa shape index (κ3) is 3.73. The number of nitrogen functional groups attached to an aromatic ring is 1. The number of rotatable bonds is 7. The van der Waals surface area contributed by atoms with Gasteiger partial charge < -0.3 is 16.4 Å². The molecule has 0 spiro atoms. The average Bonchev–Trinajstić information content (AvgIpc) is 2.72. The number of nitrogens with two attached hydrogens (primary N) is 1. The normalized spacial score (nSPS) is 9.68. The fourth-order valence-corrected chi connectivity index (χ4v) is 2.48. The molecule has 5 nitrogen and oxygen atoms in total. The van der Waals surface area contributed by atoms with Crippen molar-refractivity contribution in [1.82, 2.24) is 5.32 Å². The van der Waals surface area contributed by atoms with Crippen LogP contribution in [0.5, 0.6) is 0 Å². The Labute approximate surface area is 117 Å². The van der Waals surface area contributed by atoms with E-state index in [1.54, 1.807) is 6.08 Å². The van der Waals surface area contributed by atoms with Gasteiger partial charge in [0.1, 0.15) is 21.5 Å². The molecular weight excluding hydrogens is 260 g/mol. The van der Waals surface area contributed by atoms with Crippen molar-refractivity contribution < 1.29 is 4.79 Å². The highest BCUT2D eigenvalue weighted by molar-refractivity contribution is 7.18. The number of hydrogen-bond donors (Lipinski definition) is 3. The fraction of sp³-hybridized carbons (Fsp3) is 0.385. The van der Waals surface area contributed by atoms with Crippen LogP contribution in [0.1, 0.15) is 35.0 Å². The van der Waals surface area contributed by atoms with Gasteiger partial charge in [0.05, 0.1) is 5.69 Å². The predicted molar refractivity (Wildman–Crippen MR) is 79.4 cm³/mol. The molecule has 0 aliphatic rings. The number of amides is 1. The fourth-order valence-electron chi connectivity index (χ4n) is 1.47. The first-order chi connectivity index (χ1) is 9.15. The molecule has 0 fully saturated rings. The molecule has 102 valence electrons. The van der Waals surface area contributed by atoms with E-state index in [1.165, 1.54) is 11.3 Å². The van der Waals surface area contributed by atoms with E-state index in [0.717, 1.165) is 19.4 Å². The standard InChI is InChI=1S/C13H18N4OS/c1-3-5-7-17-13-9(8-14)10(15)11(19-13)12(18)16-6-4-2/h4,17H,2-3,5-7,15H2,1H3,(H,16,18). The number of carbonyl (C=O) groups excluding carboxylic acids is 1. The van der Waals surface area contributed by atoms with Gasteiger partial charge in [0.15, 0.2) is 0 Å². The van der Waals surface area contributed by atoms with Gasteiger partial charge in [0.2, 0.25) is 0 Å². The molecule has 0 aromatic carbocycles. The summed E-state index contributed by atoms with van der Waals surface area (Å²) in [4.78, 5) is 12.2. The van der Waals surface area contributed by atoms with Crippen LogP contribution >= 0.6 is 11.3 Å². The van der Waals surface area contributed by atoms with E-state index in [2.05, 4.69) is 24.1 Å². The smallest absolute Gasteiger partial charge is 0.263 e. The molecule has 0 saturated heterocycles. The van der Waals surface area contributed by atoms with Gasteiger partial charge in [-0.25, -0.2) is 0 Å². The summed E-state index contributed by atoms with van der Waals surface area (Å²) < 4.78 is 0. The Balaban J connectivity index is 2.92. The van der Waals surface area contributed by atoms with Crippen LogP contribution in [0.15, 0.2) is 12.7 Å². The molecular formula is C13H18N4OS. The maximum absolute atomic E-state index is 11.9. The molecule has 1 aromatic rings. The quantitative estimate of drug-likeness (QED) is 0.527. The van der Waals surface area contributed by atoms with Crippen LogP contribution in [0.4, 0.5) is 10.7 Å². The van der Waals surface area contributed by atoms with Crippen molar-refractivity contribution in [2.24, 2.45) is 0 Å². The number of nitrogens with one attached hydrogen (secondary N) is 2. The molecule has 4 N–H and O–H groups in total. The first-order valence-electron chi connectivity index (χ1n) is 6.11. The average molecular weight is 278 g/mol. The number of thiophene rings is 1. The van der Waals surface area contributed by atoms with E-state index in [1.807, 2.05) is 6.07 Å². The molecule has 0 saturated carbocycles. The van der Waals surface area contributed by atoms with Crippen LogP contribution < -0.4 is 16.4 Å². The van der Waals surface area contributed by atoms with Crippen molar-refractivity contribution in [2.45, 2.75) is 19.8 Å².